The third-order valence-corrected chi connectivity index (χ3v) is 4.13. The van der Waals surface area contributed by atoms with Gasteiger partial charge in [-0.1, -0.05) is 6.07 Å². The summed E-state index contributed by atoms with van der Waals surface area (Å²) in [7, 11) is 3.73. The molecule has 2 heterocycles. The molecule has 106 valence electrons. The summed E-state index contributed by atoms with van der Waals surface area (Å²) in [4.78, 5) is 0. The van der Waals surface area contributed by atoms with Crippen LogP contribution >= 0.6 is 0 Å². The van der Waals surface area contributed by atoms with Crippen LogP contribution in [0.5, 0.6) is 5.75 Å². The molecule has 0 saturated heterocycles. The predicted octanol–water partition coefficient (Wildman–Crippen LogP) is 2.25. The number of benzene rings is 1. The van der Waals surface area contributed by atoms with E-state index in [2.05, 4.69) is 34.7 Å². The summed E-state index contributed by atoms with van der Waals surface area (Å²) >= 11 is 0. The first-order valence-corrected chi connectivity index (χ1v) is 7.15. The Morgan fingerprint density at radius 3 is 3.05 bits per heavy atom. The van der Waals surface area contributed by atoms with E-state index in [1.54, 1.807) is 7.11 Å². The van der Waals surface area contributed by atoms with Crippen molar-refractivity contribution in [1.82, 2.24) is 15.1 Å². The van der Waals surface area contributed by atoms with Gasteiger partial charge in [0.05, 0.1) is 7.11 Å². The fraction of sp³-hybridized carbons (Fsp3) is 0.438. The van der Waals surface area contributed by atoms with E-state index in [9.17, 15) is 0 Å². The third kappa shape index (κ3) is 2.56. The van der Waals surface area contributed by atoms with E-state index in [0.717, 1.165) is 31.6 Å². The summed E-state index contributed by atoms with van der Waals surface area (Å²) in [6, 6.07) is 8.93. The van der Waals surface area contributed by atoms with E-state index in [1.165, 1.54) is 16.8 Å². The van der Waals surface area contributed by atoms with Crippen LogP contribution in [-0.4, -0.2) is 23.4 Å². The number of rotatable bonds is 4. The topological polar surface area (TPSA) is 39.1 Å². The van der Waals surface area contributed by atoms with Crippen molar-refractivity contribution in [3.05, 3.63) is 47.3 Å². The number of nitrogens with zero attached hydrogens (tertiary/aromatic N) is 2. The molecule has 2 aromatic rings. The van der Waals surface area contributed by atoms with Crippen molar-refractivity contribution in [3.63, 3.8) is 0 Å². The number of methoxy groups -OCH3 is 1. The monoisotopic (exact) mass is 271 g/mol. The quantitative estimate of drug-likeness (QED) is 0.927. The minimum absolute atomic E-state index is 0.406. The Kier molecular flexibility index (Phi) is 3.74. The number of aryl methyl sites for hydroxylation is 2. The molecule has 1 aromatic carbocycles. The normalized spacial score (nSPS) is 17.8. The van der Waals surface area contributed by atoms with Crippen molar-refractivity contribution < 1.29 is 4.74 Å². The second kappa shape index (κ2) is 5.67. The molecule has 1 unspecified atom stereocenters. The zero-order chi connectivity index (χ0) is 13.9. The number of hydrogen-bond acceptors (Lipinski definition) is 3. The lowest BCUT2D eigenvalue weighted by molar-refractivity contribution is 0.409. The highest BCUT2D eigenvalue weighted by Crippen LogP contribution is 2.29. The summed E-state index contributed by atoms with van der Waals surface area (Å²) in [6.07, 6.45) is 5.08. The van der Waals surface area contributed by atoms with Crippen molar-refractivity contribution >= 4 is 0 Å². The van der Waals surface area contributed by atoms with Crippen molar-refractivity contribution in [1.29, 1.82) is 0 Å². The molecule has 0 saturated carbocycles. The van der Waals surface area contributed by atoms with Gasteiger partial charge in [-0.3, -0.25) is 4.68 Å². The Hall–Kier alpha value is -1.81. The molecular formula is C16H21N3O. The van der Waals surface area contributed by atoms with Gasteiger partial charge in [-0.25, -0.2) is 0 Å². The molecule has 0 radical (unpaired) electrons. The highest BCUT2D eigenvalue weighted by atomic mass is 16.5. The molecule has 0 bridgehead atoms. The van der Waals surface area contributed by atoms with Crippen LogP contribution < -0.4 is 10.1 Å². The average molecular weight is 271 g/mol. The second-order valence-electron chi connectivity index (χ2n) is 5.31. The maximum Gasteiger partial charge on any atom is 0.119 e. The zero-order valence-electron chi connectivity index (χ0n) is 12.1. The average Bonchev–Trinajstić information content (AvgIpc) is 2.89. The molecule has 3 rings (SSSR count). The van der Waals surface area contributed by atoms with Crippen LogP contribution in [0.25, 0.3) is 0 Å². The fourth-order valence-electron chi connectivity index (χ4n) is 2.94. The van der Waals surface area contributed by atoms with Crippen molar-refractivity contribution in [2.24, 2.45) is 7.05 Å². The van der Waals surface area contributed by atoms with Crippen molar-refractivity contribution in [2.45, 2.75) is 25.3 Å². The molecule has 4 nitrogen and oxygen atoms in total. The highest BCUT2D eigenvalue weighted by molar-refractivity contribution is 5.39. The first-order valence-electron chi connectivity index (χ1n) is 7.15. The largest absolute Gasteiger partial charge is 0.497 e. The van der Waals surface area contributed by atoms with Gasteiger partial charge in [0.15, 0.2) is 0 Å². The highest BCUT2D eigenvalue weighted by Gasteiger charge is 2.20. The molecule has 20 heavy (non-hydrogen) atoms. The Morgan fingerprint density at radius 1 is 1.40 bits per heavy atom. The van der Waals surface area contributed by atoms with E-state index in [4.69, 9.17) is 4.74 Å². The second-order valence-corrected chi connectivity index (χ2v) is 5.31. The molecular weight excluding hydrogens is 250 g/mol. The Balaban J connectivity index is 1.77. The van der Waals surface area contributed by atoms with Gasteiger partial charge < -0.3 is 10.1 Å². The van der Waals surface area contributed by atoms with Gasteiger partial charge in [-0.2, -0.15) is 5.10 Å². The first kappa shape index (κ1) is 13.2. The summed E-state index contributed by atoms with van der Waals surface area (Å²) in [5.41, 5.74) is 4.11. The van der Waals surface area contributed by atoms with Gasteiger partial charge in [0.25, 0.3) is 0 Å². The van der Waals surface area contributed by atoms with E-state index < -0.39 is 0 Å². The van der Waals surface area contributed by atoms with Crippen LogP contribution in [0.2, 0.25) is 0 Å². The van der Waals surface area contributed by atoms with Gasteiger partial charge in [0, 0.05) is 25.0 Å². The lowest BCUT2D eigenvalue weighted by Gasteiger charge is -2.27. The number of hydrogen-bond donors (Lipinski definition) is 1. The van der Waals surface area contributed by atoms with Crippen LogP contribution in [0.15, 0.2) is 30.5 Å². The summed E-state index contributed by atoms with van der Waals surface area (Å²) < 4.78 is 7.31. The van der Waals surface area contributed by atoms with Crippen LogP contribution in [0.1, 0.15) is 29.3 Å². The lowest BCUT2D eigenvalue weighted by Crippen LogP contribution is -2.30. The molecule has 0 aliphatic carbocycles. The van der Waals surface area contributed by atoms with Crippen molar-refractivity contribution in [3.8, 4) is 5.75 Å². The van der Waals surface area contributed by atoms with Gasteiger partial charge in [0.2, 0.25) is 0 Å². The summed E-state index contributed by atoms with van der Waals surface area (Å²) in [6.45, 7) is 1.05. The molecule has 1 aliphatic rings. The van der Waals surface area contributed by atoms with Gasteiger partial charge >= 0.3 is 0 Å². The Bertz CT molecular complexity index is 591. The maximum atomic E-state index is 5.36. The number of aromatic nitrogens is 2. The maximum absolute atomic E-state index is 5.36. The van der Waals surface area contributed by atoms with E-state index in [1.807, 2.05) is 17.9 Å². The molecule has 1 atom stereocenters. The molecule has 1 N–H and O–H groups in total. The lowest BCUT2D eigenvalue weighted by atomic mass is 9.91. The number of nitrogens with one attached hydrogen (secondary N) is 1. The fourth-order valence-corrected chi connectivity index (χ4v) is 2.94. The molecule has 0 fully saturated rings. The minimum atomic E-state index is 0.406. The Labute approximate surface area is 119 Å². The van der Waals surface area contributed by atoms with Crippen LogP contribution in [-0.2, 0) is 19.9 Å². The predicted molar refractivity (Wildman–Crippen MR) is 79.0 cm³/mol. The third-order valence-electron chi connectivity index (χ3n) is 4.13. The smallest absolute Gasteiger partial charge is 0.119 e. The van der Waals surface area contributed by atoms with E-state index in [0.29, 0.717) is 6.04 Å². The molecule has 1 aromatic heterocycles. The van der Waals surface area contributed by atoms with Crippen LogP contribution in [0, 0.1) is 0 Å². The van der Waals surface area contributed by atoms with E-state index in [-0.39, 0.29) is 0 Å². The SMILES string of the molecule is COc1ccc2c(c1)C(CCc1ccnn1C)NCC2. The zero-order valence-corrected chi connectivity index (χ0v) is 12.1. The van der Waals surface area contributed by atoms with Gasteiger partial charge in [-0.15, -0.1) is 0 Å². The number of fused-ring (bicyclic) bond motifs is 1. The summed E-state index contributed by atoms with van der Waals surface area (Å²) in [5, 5.41) is 7.85. The molecule has 0 amide bonds. The summed E-state index contributed by atoms with van der Waals surface area (Å²) in [5.74, 6) is 0.943. The standard InChI is InChI=1S/C16H21N3O/c1-19-13(8-10-18-19)4-6-16-15-11-14(20-2)5-3-12(15)7-9-17-16/h3,5,8,10-11,16-17H,4,6-7,9H2,1-2H3. The van der Waals surface area contributed by atoms with E-state index >= 15 is 0 Å². The van der Waals surface area contributed by atoms with Gasteiger partial charge in [0.1, 0.15) is 5.75 Å². The molecule has 4 heteroatoms. The number of ether oxygens (including phenoxy) is 1. The Morgan fingerprint density at radius 2 is 2.30 bits per heavy atom. The van der Waals surface area contributed by atoms with Crippen LogP contribution in [0.4, 0.5) is 0 Å². The minimum Gasteiger partial charge on any atom is -0.497 e. The molecule has 0 spiro atoms. The van der Waals surface area contributed by atoms with Crippen molar-refractivity contribution in [2.75, 3.05) is 13.7 Å². The van der Waals surface area contributed by atoms with Crippen LogP contribution in [0.3, 0.4) is 0 Å². The van der Waals surface area contributed by atoms with Gasteiger partial charge in [-0.05, 0) is 55.1 Å². The first-order chi connectivity index (χ1) is 9.78. The molecule has 1 aliphatic heterocycles.